The largest absolute Gasteiger partial charge is 0.451 e. The van der Waals surface area contributed by atoms with Crippen LogP contribution < -0.4 is 10.6 Å². The van der Waals surface area contributed by atoms with Crippen LogP contribution in [-0.4, -0.2) is 30.4 Å². The number of nitrogens with one attached hydrogen (secondary N) is 2. The Morgan fingerprint density at radius 3 is 2.50 bits per heavy atom. The molecule has 0 heterocycles. The van der Waals surface area contributed by atoms with E-state index < -0.39 is 5.97 Å². The highest BCUT2D eigenvalue weighted by atomic mass is 16.5. The fourth-order valence-electron chi connectivity index (χ4n) is 3.04. The highest BCUT2D eigenvalue weighted by molar-refractivity contribution is 5.98. The van der Waals surface area contributed by atoms with Gasteiger partial charge in [0, 0.05) is 13.0 Å². The summed E-state index contributed by atoms with van der Waals surface area (Å²) in [6, 6.07) is 9.22. The summed E-state index contributed by atoms with van der Waals surface area (Å²) >= 11 is 0. The monoisotopic (exact) mass is 358 g/mol. The summed E-state index contributed by atoms with van der Waals surface area (Å²) in [5.74, 6) is -1.02. The second kappa shape index (κ2) is 9.75. The molecular formula is C20H26N2O4. The smallest absolute Gasteiger partial charge is 0.355 e. The van der Waals surface area contributed by atoms with Gasteiger partial charge in [-0.3, -0.25) is 9.59 Å². The van der Waals surface area contributed by atoms with Crippen molar-refractivity contribution >= 4 is 23.9 Å². The molecule has 1 aromatic rings. The van der Waals surface area contributed by atoms with Gasteiger partial charge >= 0.3 is 5.97 Å². The number of hydrogen-bond donors (Lipinski definition) is 2. The summed E-state index contributed by atoms with van der Waals surface area (Å²) < 4.78 is 5.08. The van der Waals surface area contributed by atoms with Gasteiger partial charge in [-0.2, -0.15) is 0 Å². The Morgan fingerprint density at radius 2 is 1.85 bits per heavy atom. The van der Waals surface area contributed by atoms with E-state index in [1.165, 1.54) is 19.4 Å². The van der Waals surface area contributed by atoms with Crippen LogP contribution in [0.4, 0.5) is 0 Å². The summed E-state index contributed by atoms with van der Waals surface area (Å²) in [5, 5.41) is 5.39. The van der Waals surface area contributed by atoms with E-state index in [9.17, 15) is 14.4 Å². The SMILES string of the molecule is CC(=O)N/C(=C\c1ccccc1)C(=O)OCC(=O)N[C@@H]1CCCC[C@H]1C. The topological polar surface area (TPSA) is 84.5 Å². The molecule has 1 saturated carbocycles. The van der Waals surface area contributed by atoms with E-state index in [0.717, 1.165) is 24.8 Å². The van der Waals surface area contributed by atoms with Crippen LogP contribution in [0.1, 0.15) is 45.1 Å². The Morgan fingerprint density at radius 1 is 1.15 bits per heavy atom. The van der Waals surface area contributed by atoms with Crippen molar-refractivity contribution in [3.05, 3.63) is 41.6 Å². The van der Waals surface area contributed by atoms with Crippen molar-refractivity contribution in [1.29, 1.82) is 0 Å². The first-order chi connectivity index (χ1) is 12.5. The lowest BCUT2D eigenvalue weighted by Crippen LogP contribution is -2.43. The van der Waals surface area contributed by atoms with Gasteiger partial charge in [-0.1, -0.05) is 50.1 Å². The molecule has 0 radical (unpaired) electrons. The molecule has 1 fully saturated rings. The van der Waals surface area contributed by atoms with Crippen LogP contribution in [-0.2, 0) is 19.1 Å². The molecular weight excluding hydrogens is 332 g/mol. The van der Waals surface area contributed by atoms with Crippen LogP contribution in [0, 0.1) is 5.92 Å². The molecule has 0 spiro atoms. The first kappa shape index (κ1) is 19.7. The van der Waals surface area contributed by atoms with E-state index in [4.69, 9.17) is 4.74 Å². The first-order valence-corrected chi connectivity index (χ1v) is 8.96. The Balaban J connectivity index is 1.93. The number of rotatable bonds is 6. The van der Waals surface area contributed by atoms with Crippen molar-refractivity contribution < 1.29 is 19.1 Å². The maximum Gasteiger partial charge on any atom is 0.355 e. The van der Waals surface area contributed by atoms with E-state index in [2.05, 4.69) is 17.6 Å². The Hall–Kier alpha value is -2.63. The van der Waals surface area contributed by atoms with Crippen LogP contribution in [0.5, 0.6) is 0 Å². The molecule has 6 nitrogen and oxygen atoms in total. The van der Waals surface area contributed by atoms with Crippen molar-refractivity contribution in [2.75, 3.05) is 6.61 Å². The summed E-state index contributed by atoms with van der Waals surface area (Å²) in [5.41, 5.74) is 0.746. The minimum absolute atomic E-state index is 0.00235. The van der Waals surface area contributed by atoms with Gasteiger partial charge in [0.2, 0.25) is 5.91 Å². The molecule has 2 atom stereocenters. The molecule has 0 aliphatic heterocycles. The Kier molecular flexibility index (Phi) is 7.38. The molecule has 2 N–H and O–H groups in total. The number of benzene rings is 1. The Labute approximate surface area is 154 Å². The second-order valence-electron chi connectivity index (χ2n) is 6.66. The Bertz CT molecular complexity index is 670. The molecule has 26 heavy (non-hydrogen) atoms. The van der Waals surface area contributed by atoms with Crippen molar-refractivity contribution in [2.45, 2.75) is 45.6 Å². The summed E-state index contributed by atoms with van der Waals surface area (Å²) in [7, 11) is 0. The second-order valence-corrected chi connectivity index (χ2v) is 6.66. The van der Waals surface area contributed by atoms with Crippen molar-refractivity contribution in [2.24, 2.45) is 5.92 Å². The van der Waals surface area contributed by atoms with Crippen molar-refractivity contribution in [3.8, 4) is 0 Å². The molecule has 0 aromatic heterocycles. The first-order valence-electron chi connectivity index (χ1n) is 8.96. The van der Waals surface area contributed by atoms with Gasteiger partial charge < -0.3 is 15.4 Å². The number of carbonyl (C=O) groups is 3. The van der Waals surface area contributed by atoms with Crippen LogP contribution in [0.2, 0.25) is 0 Å². The third-order valence-corrected chi connectivity index (χ3v) is 4.43. The van der Waals surface area contributed by atoms with E-state index in [0.29, 0.717) is 5.92 Å². The summed E-state index contributed by atoms with van der Waals surface area (Å²) in [4.78, 5) is 35.7. The van der Waals surface area contributed by atoms with Crippen molar-refractivity contribution in [1.82, 2.24) is 10.6 Å². The van der Waals surface area contributed by atoms with E-state index in [1.807, 2.05) is 18.2 Å². The van der Waals surface area contributed by atoms with Gasteiger partial charge in [-0.15, -0.1) is 0 Å². The van der Waals surface area contributed by atoms with Crippen LogP contribution in [0.3, 0.4) is 0 Å². The number of ether oxygens (including phenoxy) is 1. The maximum atomic E-state index is 12.3. The minimum Gasteiger partial charge on any atom is -0.451 e. The lowest BCUT2D eigenvalue weighted by atomic mass is 9.86. The van der Waals surface area contributed by atoms with Crippen LogP contribution in [0.15, 0.2) is 36.0 Å². The number of carbonyl (C=O) groups excluding carboxylic acids is 3. The molecule has 140 valence electrons. The van der Waals surface area contributed by atoms with Gasteiger partial charge in [0.1, 0.15) is 5.70 Å². The third kappa shape index (κ3) is 6.35. The van der Waals surface area contributed by atoms with Gasteiger partial charge in [0.05, 0.1) is 0 Å². The van der Waals surface area contributed by atoms with Gasteiger partial charge in [0.25, 0.3) is 5.91 Å². The lowest BCUT2D eigenvalue weighted by Gasteiger charge is -2.29. The van der Waals surface area contributed by atoms with Gasteiger partial charge in [0.15, 0.2) is 6.61 Å². The average molecular weight is 358 g/mol. The minimum atomic E-state index is -0.740. The molecule has 0 bridgehead atoms. The highest BCUT2D eigenvalue weighted by Crippen LogP contribution is 2.23. The lowest BCUT2D eigenvalue weighted by molar-refractivity contribution is -0.145. The van der Waals surface area contributed by atoms with Crippen molar-refractivity contribution in [3.63, 3.8) is 0 Å². The average Bonchev–Trinajstić information content (AvgIpc) is 2.61. The zero-order valence-electron chi connectivity index (χ0n) is 15.3. The number of amides is 2. The highest BCUT2D eigenvalue weighted by Gasteiger charge is 2.23. The zero-order chi connectivity index (χ0) is 18.9. The maximum absolute atomic E-state index is 12.3. The summed E-state index contributed by atoms with van der Waals surface area (Å²) in [6.07, 6.45) is 5.85. The molecule has 2 rings (SSSR count). The molecule has 0 unspecified atom stereocenters. The number of esters is 1. The fourth-order valence-corrected chi connectivity index (χ4v) is 3.04. The van der Waals surface area contributed by atoms with E-state index in [1.54, 1.807) is 12.1 Å². The zero-order valence-corrected chi connectivity index (χ0v) is 15.3. The molecule has 1 aromatic carbocycles. The molecule has 1 aliphatic rings. The standard InChI is InChI=1S/C20H26N2O4/c1-14-8-6-7-11-17(14)22-19(24)13-26-20(25)18(21-15(2)23)12-16-9-4-3-5-10-16/h3-5,9-10,12,14,17H,6-8,11,13H2,1-2H3,(H,21,23)(H,22,24)/b18-12-/t14-,17-/m1/s1. The predicted molar refractivity (Wildman–Crippen MR) is 98.8 cm³/mol. The molecule has 0 saturated heterocycles. The fraction of sp³-hybridized carbons (Fsp3) is 0.450. The number of hydrogen-bond acceptors (Lipinski definition) is 4. The molecule has 2 amide bonds. The van der Waals surface area contributed by atoms with Crippen LogP contribution >= 0.6 is 0 Å². The normalized spacial score (nSPS) is 20.2. The quantitative estimate of drug-likeness (QED) is 0.604. The third-order valence-electron chi connectivity index (χ3n) is 4.43. The van der Waals surface area contributed by atoms with E-state index >= 15 is 0 Å². The van der Waals surface area contributed by atoms with Gasteiger partial charge in [-0.05, 0) is 30.4 Å². The van der Waals surface area contributed by atoms with E-state index in [-0.39, 0.29) is 30.2 Å². The summed E-state index contributed by atoms with van der Waals surface area (Å²) in [6.45, 7) is 3.06. The van der Waals surface area contributed by atoms with Gasteiger partial charge in [-0.25, -0.2) is 4.79 Å². The molecule has 6 heteroatoms. The van der Waals surface area contributed by atoms with Crippen LogP contribution in [0.25, 0.3) is 6.08 Å². The predicted octanol–water partition coefficient (Wildman–Crippen LogP) is 2.40. The molecule has 1 aliphatic carbocycles.